The Kier molecular flexibility index (Phi) is 5.83. The van der Waals surface area contributed by atoms with Crippen LogP contribution in [-0.4, -0.2) is 6.61 Å². The summed E-state index contributed by atoms with van der Waals surface area (Å²) < 4.78 is 5.74. The molecule has 0 saturated heterocycles. The topological polar surface area (TPSA) is 9.23 Å². The minimum absolute atomic E-state index is 0.101. The maximum absolute atomic E-state index is 5.74. The minimum atomic E-state index is -0.101. The molecule has 128 valence electrons. The first-order valence-corrected chi connectivity index (χ1v) is 10.0. The second-order valence-electron chi connectivity index (χ2n) is 6.25. The SMILES string of the molecule is CCCOc1ccc([S+](c2ccc(C)cc2)c2ccc(C)cc2)cc1. The quantitative estimate of drug-likeness (QED) is 0.482. The first-order valence-electron chi connectivity index (χ1n) is 8.78. The van der Waals surface area contributed by atoms with Gasteiger partial charge in [0.15, 0.2) is 14.7 Å². The number of aryl methyl sites for hydroxylation is 2. The van der Waals surface area contributed by atoms with E-state index in [1.54, 1.807) is 0 Å². The van der Waals surface area contributed by atoms with Crippen LogP contribution in [0.15, 0.2) is 87.5 Å². The van der Waals surface area contributed by atoms with Crippen molar-refractivity contribution in [3.63, 3.8) is 0 Å². The highest BCUT2D eigenvalue weighted by Crippen LogP contribution is 2.32. The number of hydrogen-bond donors (Lipinski definition) is 0. The Labute approximate surface area is 154 Å². The summed E-state index contributed by atoms with van der Waals surface area (Å²) in [4.78, 5) is 4.00. The summed E-state index contributed by atoms with van der Waals surface area (Å²) in [5.74, 6) is 0.946. The van der Waals surface area contributed by atoms with Gasteiger partial charge in [-0.15, -0.1) is 0 Å². The van der Waals surface area contributed by atoms with E-state index in [1.807, 2.05) is 0 Å². The smallest absolute Gasteiger partial charge is 0.166 e. The monoisotopic (exact) mass is 349 g/mol. The fraction of sp³-hybridized carbons (Fsp3) is 0.217. The van der Waals surface area contributed by atoms with E-state index in [0.29, 0.717) is 0 Å². The van der Waals surface area contributed by atoms with Gasteiger partial charge in [0.2, 0.25) is 0 Å². The Morgan fingerprint density at radius 3 is 1.44 bits per heavy atom. The Bertz CT molecular complexity index is 744. The van der Waals surface area contributed by atoms with E-state index in [-0.39, 0.29) is 10.9 Å². The first kappa shape index (κ1) is 17.6. The second kappa shape index (κ2) is 8.26. The molecule has 0 aliphatic rings. The first-order chi connectivity index (χ1) is 12.2. The minimum Gasteiger partial charge on any atom is -0.494 e. The molecule has 0 fully saturated rings. The van der Waals surface area contributed by atoms with Crippen molar-refractivity contribution in [2.24, 2.45) is 0 Å². The number of hydrogen-bond acceptors (Lipinski definition) is 1. The summed E-state index contributed by atoms with van der Waals surface area (Å²) in [6.07, 6.45) is 1.03. The van der Waals surface area contributed by atoms with Gasteiger partial charge in [0.1, 0.15) is 5.75 Å². The van der Waals surface area contributed by atoms with Crippen molar-refractivity contribution >= 4 is 10.9 Å². The lowest BCUT2D eigenvalue weighted by molar-refractivity contribution is 0.317. The fourth-order valence-electron chi connectivity index (χ4n) is 2.65. The second-order valence-corrected chi connectivity index (χ2v) is 8.28. The molecule has 0 atom stereocenters. The largest absolute Gasteiger partial charge is 0.494 e. The van der Waals surface area contributed by atoms with Crippen LogP contribution in [0, 0.1) is 13.8 Å². The van der Waals surface area contributed by atoms with Crippen LogP contribution in [-0.2, 0) is 10.9 Å². The molecule has 0 N–H and O–H groups in total. The van der Waals surface area contributed by atoms with Crippen LogP contribution in [0.5, 0.6) is 5.75 Å². The summed E-state index contributed by atoms with van der Waals surface area (Å²) in [6.45, 7) is 7.16. The Morgan fingerprint density at radius 1 is 0.640 bits per heavy atom. The van der Waals surface area contributed by atoms with Gasteiger partial charge in [-0.05, 0) is 68.8 Å². The van der Waals surface area contributed by atoms with E-state index in [1.165, 1.54) is 25.8 Å². The molecule has 3 aromatic rings. The van der Waals surface area contributed by atoms with Crippen LogP contribution in [0.25, 0.3) is 0 Å². The highest BCUT2D eigenvalue weighted by molar-refractivity contribution is 7.97. The Hall–Kier alpha value is -2.19. The lowest BCUT2D eigenvalue weighted by Crippen LogP contribution is -2.05. The third-order valence-electron chi connectivity index (χ3n) is 4.05. The molecule has 0 saturated carbocycles. The van der Waals surface area contributed by atoms with Crippen LogP contribution in [0.3, 0.4) is 0 Å². The average molecular weight is 350 g/mol. The van der Waals surface area contributed by atoms with Gasteiger partial charge in [-0.3, -0.25) is 0 Å². The summed E-state index contributed by atoms with van der Waals surface area (Å²) in [6, 6.07) is 26.4. The van der Waals surface area contributed by atoms with Crippen molar-refractivity contribution < 1.29 is 4.74 Å². The Morgan fingerprint density at radius 2 is 1.04 bits per heavy atom. The maximum atomic E-state index is 5.74. The molecule has 0 radical (unpaired) electrons. The van der Waals surface area contributed by atoms with Gasteiger partial charge in [0, 0.05) is 0 Å². The Balaban J connectivity index is 1.98. The predicted octanol–water partition coefficient (Wildman–Crippen LogP) is 6.19. The molecule has 0 spiro atoms. The molecule has 3 aromatic carbocycles. The molecular formula is C23H25OS+. The highest BCUT2D eigenvalue weighted by Gasteiger charge is 2.28. The third kappa shape index (κ3) is 4.46. The molecule has 0 aliphatic heterocycles. The summed E-state index contributed by atoms with van der Waals surface area (Å²) >= 11 is 0. The molecule has 1 nitrogen and oxygen atoms in total. The van der Waals surface area contributed by atoms with Crippen molar-refractivity contribution in [3.05, 3.63) is 83.9 Å². The zero-order valence-corrected chi connectivity index (χ0v) is 16.0. The summed E-state index contributed by atoms with van der Waals surface area (Å²) in [5, 5.41) is 0. The van der Waals surface area contributed by atoms with Crippen LogP contribution in [0.4, 0.5) is 0 Å². The number of benzene rings is 3. The zero-order valence-electron chi connectivity index (χ0n) is 15.2. The van der Waals surface area contributed by atoms with E-state index in [9.17, 15) is 0 Å². The molecule has 0 heterocycles. The summed E-state index contributed by atoms with van der Waals surface area (Å²) in [7, 11) is -0.101. The van der Waals surface area contributed by atoms with Crippen molar-refractivity contribution in [1.29, 1.82) is 0 Å². The molecule has 25 heavy (non-hydrogen) atoms. The van der Waals surface area contributed by atoms with Crippen LogP contribution >= 0.6 is 0 Å². The van der Waals surface area contributed by atoms with Gasteiger partial charge in [-0.25, -0.2) is 0 Å². The van der Waals surface area contributed by atoms with Crippen molar-refractivity contribution in [2.45, 2.75) is 41.9 Å². The molecule has 0 aliphatic carbocycles. The van der Waals surface area contributed by atoms with E-state index in [0.717, 1.165) is 18.8 Å². The molecule has 0 bridgehead atoms. The van der Waals surface area contributed by atoms with Gasteiger partial charge in [-0.1, -0.05) is 42.3 Å². The average Bonchev–Trinajstić information content (AvgIpc) is 2.64. The van der Waals surface area contributed by atoms with Gasteiger partial charge in [-0.2, -0.15) is 0 Å². The number of ether oxygens (including phenoxy) is 1. The molecule has 0 unspecified atom stereocenters. The van der Waals surface area contributed by atoms with Crippen LogP contribution < -0.4 is 4.74 Å². The van der Waals surface area contributed by atoms with E-state index in [2.05, 4.69) is 93.6 Å². The lowest BCUT2D eigenvalue weighted by atomic mass is 10.2. The van der Waals surface area contributed by atoms with E-state index < -0.39 is 0 Å². The van der Waals surface area contributed by atoms with Crippen molar-refractivity contribution in [1.82, 2.24) is 0 Å². The highest BCUT2D eigenvalue weighted by atomic mass is 32.2. The van der Waals surface area contributed by atoms with Gasteiger partial charge in [0.05, 0.1) is 17.5 Å². The number of rotatable bonds is 6. The molecule has 0 amide bonds. The molecule has 3 rings (SSSR count). The maximum Gasteiger partial charge on any atom is 0.166 e. The third-order valence-corrected chi connectivity index (χ3v) is 6.28. The zero-order chi connectivity index (χ0) is 17.6. The van der Waals surface area contributed by atoms with Crippen LogP contribution in [0.2, 0.25) is 0 Å². The van der Waals surface area contributed by atoms with Gasteiger partial charge in [0.25, 0.3) is 0 Å². The standard InChI is InChI=1S/C23H25OS/c1-4-17-24-20-9-15-23(16-10-20)25(21-11-5-18(2)6-12-21)22-13-7-19(3)8-14-22/h5-16H,4,17H2,1-3H3/q+1. The molecular weight excluding hydrogens is 324 g/mol. The van der Waals surface area contributed by atoms with Gasteiger partial charge < -0.3 is 4.74 Å². The predicted molar refractivity (Wildman–Crippen MR) is 107 cm³/mol. The van der Waals surface area contributed by atoms with Gasteiger partial charge >= 0.3 is 0 Å². The summed E-state index contributed by atoms with van der Waals surface area (Å²) in [5.41, 5.74) is 2.58. The van der Waals surface area contributed by atoms with Crippen molar-refractivity contribution in [3.8, 4) is 5.75 Å². The molecule has 0 aromatic heterocycles. The lowest BCUT2D eigenvalue weighted by Gasteiger charge is -2.10. The fourth-order valence-corrected chi connectivity index (χ4v) is 4.69. The van der Waals surface area contributed by atoms with Crippen molar-refractivity contribution in [2.75, 3.05) is 6.61 Å². The van der Waals surface area contributed by atoms with Crippen LogP contribution in [0.1, 0.15) is 24.5 Å². The van der Waals surface area contributed by atoms with E-state index >= 15 is 0 Å². The normalized spacial score (nSPS) is 10.9. The van der Waals surface area contributed by atoms with E-state index in [4.69, 9.17) is 4.74 Å². The molecule has 2 heteroatoms.